The fourth-order valence-corrected chi connectivity index (χ4v) is 2.54. The molecule has 0 radical (unpaired) electrons. The zero-order valence-corrected chi connectivity index (χ0v) is 11.6. The van der Waals surface area contributed by atoms with Crippen LogP contribution in [-0.2, 0) is 0 Å². The third-order valence-corrected chi connectivity index (χ3v) is 3.51. The fourth-order valence-electron chi connectivity index (χ4n) is 2.54. The van der Waals surface area contributed by atoms with Crippen LogP contribution in [0.3, 0.4) is 0 Å². The Morgan fingerprint density at radius 2 is 1.74 bits per heavy atom. The van der Waals surface area contributed by atoms with E-state index in [1.807, 2.05) is 0 Å². The molecular weight excluding hydrogens is 302 g/mol. The van der Waals surface area contributed by atoms with E-state index in [1.54, 1.807) is 24.4 Å². The molecule has 0 fully saturated rings. The summed E-state index contributed by atoms with van der Waals surface area (Å²) in [5.74, 6) is -3.35. The first-order chi connectivity index (χ1) is 10.9. The third kappa shape index (κ3) is 2.22. The lowest BCUT2D eigenvalue weighted by molar-refractivity contribution is 0.0695. The second kappa shape index (κ2) is 5.02. The van der Waals surface area contributed by atoms with E-state index in [0.29, 0.717) is 0 Å². The molecule has 6 N–H and O–H groups in total. The Kier molecular flexibility index (Phi) is 3.14. The predicted molar refractivity (Wildman–Crippen MR) is 82.7 cm³/mol. The number of nitrogen functional groups attached to an aromatic ring is 1. The average molecular weight is 313 g/mol. The maximum atomic E-state index is 11.9. The van der Waals surface area contributed by atoms with Gasteiger partial charge in [-0.2, -0.15) is 0 Å². The highest BCUT2D eigenvalue weighted by molar-refractivity contribution is 6.08. The highest BCUT2D eigenvalue weighted by Gasteiger charge is 2.26. The van der Waals surface area contributed by atoms with Crippen molar-refractivity contribution in [1.82, 2.24) is 9.97 Å². The number of nitrogens with two attached hydrogens (primary N) is 1. The standard InChI is InChI=1S/C15H11N3O5/c16-12-10(14(20)21)9(11(15(22)23)13(19)18-12)7-1-2-8-6(5-7)3-4-17-8/h1-5,17H,(H,20,21)(H,22,23)(H3,16,18,19). The summed E-state index contributed by atoms with van der Waals surface area (Å²) in [4.78, 5) is 40.0. The lowest BCUT2D eigenvalue weighted by atomic mass is 9.94. The van der Waals surface area contributed by atoms with Crippen LogP contribution in [0.1, 0.15) is 20.7 Å². The van der Waals surface area contributed by atoms with Crippen LogP contribution in [0.4, 0.5) is 5.82 Å². The SMILES string of the molecule is Nc1[nH]c(=O)c(C(=O)O)c(-c2ccc3[nH]ccc3c2)c1C(=O)O. The van der Waals surface area contributed by atoms with Crippen LogP contribution in [0.15, 0.2) is 35.3 Å². The molecule has 3 aromatic rings. The molecule has 2 aromatic heterocycles. The molecule has 0 spiro atoms. The Hall–Kier alpha value is -3.55. The molecule has 1 aromatic carbocycles. The Morgan fingerprint density at radius 1 is 1.04 bits per heavy atom. The molecule has 0 atom stereocenters. The van der Waals surface area contributed by atoms with E-state index in [9.17, 15) is 24.6 Å². The van der Waals surface area contributed by atoms with Crippen molar-refractivity contribution in [2.75, 3.05) is 5.73 Å². The molecule has 8 heteroatoms. The molecule has 116 valence electrons. The van der Waals surface area contributed by atoms with E-state index in [-0.39, 0.29) is 11.1 Å². The first-order valence-corrected chi connectivity index (χ1v) is 6.50. The Bertz CT molecular complexity index is 1020. The number of rotatable bonds is 3. The van der Waals surface area contributed by atoms with E-state index in [0.717, 1.165) is 10.9 Å². The van der Waals surface area contributed by atoms with Gasteiger partial charge in [-0.05, 0) is 29.1 Å². The van der Waals surface area contributed by atoms with Crippen molar-refractivity contribution in [2.45, 2.75) is 0 Å². The molecule has 23 heavy (non-hydrogen) atoms. The second-order valence-electron chi connectivity index (χ2n) is 4.88. The molecule has 0 bridgehead atoms. The topological polar surface area (TPSA) is 149 Å². The number of aromatic amines is 2. The van der Waals surface area contributed by atoms with Gasteiger partial charge >= 0.3 is 11.9 Å². The minimum Gasteiger partial charge on any atom is -0.478 e. The highest BCUT2D eigenvalue weighted by Crippen LogP contribution is 2.31. The van der Waals surface area contributed by atoms with Crippen LogP contribution in [0.5, 0.6) is 0 Å². The zero-order chi connectivity index (χ0) is 16.7. The number of aromatic carboxylic acids is 2. The second-order valence-corrected chi connectivity index (χ2v) is 4.88. The van der Waals surface area contributed by atoms with Crippen molar-refractivity contribution >= 4 is 28.7 Å². The van der Waals surface area contributed by atoms with Crippen molar-refractivity contribution < 1.29 is 19.8 Å². The first kappa shape index (κ1) is 14.4. The number of pyridine rings is 1. The third-order valence-electron chi connectivity index (χ3n) is 3.51. The Balaban J connectivity index is 2.46. The van der Waals surface area contributed by atoms with Crippen molar-refractivity contribution in [3.63, 3.8) is 0 Å². The summed E-state index contributed by atoms with van der Waals surface area (Å²) >= 11 is 0. The molecule has 0 unspecified atom stereocenters. The summed E-state index contributed by atoms with van der Waals surface area (Å²) < 4.78 is 0. The number of carboxylic acids is 2. The van der Waals surface area contributed by atoms with Gasteiger partial charge in [0, 0.05) is 17.3 Å². The van der Waals surface area contributed by atoms with Crippen molar-refractivity contribution in [3.8, 4) is 11.1 Å². The lowest BCUT2D eigenvalue weighted by Crippen LogP contribution is -2.24. The molecule has 0 aliphatic rings. The largest absolute Gasteiger partial charge is 0.478 e. The van der Waals surface area contributed by atoms with Gasteiger partial charge in [0.05, 0.1) is 0 Å². The van der Waals surface area contributed by atoms with Gasteiger partial charge in [0.15, 0.2) is 0 Å². The Morgan fingerprint density at radius 3 is 2.39 bits per heavy atom. The van der Waals surface area contributed by atoms with Gasteiger partial charge in [-0.1, -0.05) is 6.07 Å². The summed E-state index contributed by atoms with van der Waals surface area (Å²) in [7, 11) is 0. The van der Waals surface area contributed by atoms with E-state index in [2.05, 4.69) is 9.97 Å². The lowest BCUT2D eigenvalue weighted by Gasteiger charge is -2.12. The van der Waals surface area contributed by atoms with Gasteiger partial charge in [0.2, 0.25) is 0 Å². The molecule has 8 nitrogen and oxygen atoms in total. The zero-order valence-electron chi connectivity index (χ0n) is 11.6. The minimum absolute atomic E-state index is 0.214. The number of H-pyrrole nitrogens is 2. The summed E-state index contributed by atoms with van der Waals surface area (Å²) in [6.45, 7) is 0. The highest BCUT2D eigenvalue weighted by atomic mass is 16.4. The number of carbonyl (C=O) groups is 2. The Labute approximate surface area is 128 Å². The molecule has 0 saturated heterocycles. The summed E-state index contributed by atoms with van der Waals surface area (Å²) in [6.07, 6.45) is 1.69. The van der Waals surface area contributed by atoms with Gasteiger partial charge in [-0.15, -0.1) is 0 Å². The molecule has 2 heterocycles. The molecule has 3 rings (SSSR count). The normalized spacial score (nSPS) is 10.8. The van der Waals surface area contributed by atoms with E-state index >= 15 is 0 Å². The van der Waals surface area contributed by atoms with Gasteiger partial charge < -0.3 is 25.9 Å². The smallest absolute Gasteiger partial charge is 0.342 e. The maximum Gasteiger partial charge on any atom is 0.342 e. The number of hydrogen-bond acceptors (Lipinski definition) is 4. The number of carboxylic acid groups (broad SMARTS) is 2. The number of fused-ring (bicyclic) bond motifs is 1. The maximum absolute atomic E-state index is 11.9. The predicted octanol–water partition coefficient (Wildman–Crippen LogP) is 1.50. The monoisotopic (exact) mass is 313 g/mol. The van der Waals surface area contributed by atoms with Gasteiger partial charge in [-0.25, -0.2) is 9.59 Å². The molecule has 0 aliphatic carbocycles. The van der Waals surface area contributed by atoms with Crippen LogP contribution in [0, 0.1) is 0 Å². The molecule has 0 aliphatic heterocycles. The van der Waals surface area contributed by atoms with E-state index in [4.69, 9.17) is 5.73 Å². The van der Waals surface area contributed by atoms with Crippen molar-refractivity contribution in [2.24, 2.45) is 0 Å². The number of aromatic nitrogens is 2. The molecule has 0 saturated carbocycles. The van der Waals surface area contributed by atoms with Crippen LogP contribution >= 0.6 is 0 Å². The molecular formula is C15H11N3O5. The number of nitrogens with one attached hydrogen (secondary N) is 2. The van der Waals surface area contributed by atoms with Gasteiger partial charge in [0.25, 0.3) is 5.56 Å². The van der Waals surface area contributed by atoms with Gasteiger partial charge in [0.1, 0.15) is 16.9 Å². The molecule has 0 amide bonds. The van der Waals surface area contributed by atoms with Crippen LogP contribution in [0.25, 0.3) is 22.0 Å². The van der Waals surface area contributed by atoms with Crippen LogP contribution in [-0.4, -0.2) is 32.1 Å². The summed E-state index contributed by atoms with van der Waals surface area (Å²) in [5.41, 5.74) is 4.38. The number of benzene rings is 1. The van der Waals surface area contributed by atoms with Gasteiger partial charge in [-0.3, -0.25) is 4.79 Å². The summed E-state index contributed by atoms with van der Waals surface area (Å²) in [5, 5.41) is 19.4. The van der Waals surface area contributed by atoms with Crippen molar-refractivity contribution in [3.05, 3.63) is 51.9 Å². The number of anilines is 1. The fraction of sp³-hybridized carbons (Fsp3) is 0. The minimum atomic E-state index is -1.53. The summed E-state index contributed by atoms with van der Waals surface area (Å²) in [6, 6.07) is 6.54. The van der Waals surface area contributed by atoms with E-state index in [1.165, 1.54) is 6.07 Å². The first-order valence-electron chi connectivity index (χ1n) is 6.50. The van der Waals surface area contributed by atoms with E-state index < -0.39 is 34.4 Å². The quantitative estimate of drug-likeness (QED) is 0.494. The average Bonchev–Trinajstić information content (AvgIpc) is 2.92. The number of hydrogen-bond donors (Lipinski definition) is 5. The van der Waals surface area contributed by atoms with Crippen molar-refractivity contribution in [1.29, 1.82) is 0 Å². The van der Waals surface area contributed by atoms with Crippen LogP contribution < -0.4 is 11.3 Å². The van der Waals surface area contributed by atoms with Crippen LogP contribution in [0.2, 0.25) is 0 Å².